The third-order valence-electron chi connectivity index (χ3n) is 5.80. The maximum absolute atomic E-state index is 13.4. The van der Waals surface area contributed by atoms with Crippen LogP contribution in [0.25, 0.3) is 0 Å². The van der Waals surface area contributed by atoms with Gasteiger partial charge in [-0.05, 0) is 55.2 Å². The number of amides is 2. The Kier molecular flexibility index (Phi) is 5.98. The number of hydrogen-bond acceptors (Lipinski definition) is 3. The molecule has 2 atom stereocenters. The molecule has 5 nitrogen and oxygen atoms in total. The van der Waals surface area contributed by atoms with Gasteiger partial charge in [-0.25, -0.2) is 0 Å². The minimum absolute atomic E-state index is 0.0148. The molecule has 0 bridgehead atoms. The quantitative estimate of drug-likeness (QED) is 0.606. The number of benzene rings is 2. The minimum atomic E-state index is -0.334. The van der Waals surface area contributed by atoms with E-state index in [1.165, 1.54) is 11.8 Å². The molecule has 5 heteroatoms. The van der Waals surface area contributed by atoms with E-state index in [-0.39, 0.29) is 23.6 Å². The van der Waals surface area contributed by atoms with E-state index in [1.54, 1.807) is 30.3 Å². The molecule has 2 aromatic carbocycles. The van der Waals surface area contributed by atoms with Gasteiger partial charge in [0, 0.05) is 29.8 Å². The summed E-state index contributed by atoms with van der Waals surface area (Å²) in [6, 6.07) is 21.0. The van der Waals surface area contributed by atoms with Gasteiger partial charge < -0.3 is 14.6 Å². The monoisotopic (exact) mass is 402 g/mol. The highest BCUT2D eigenvalue weighted by molar-refractivity contribution is 6.03. The first kappa shape index (κ1) is 20.0. The van der Waals surface area contributed by atoms with Crippen LogP contribution in [0.3, 0.4) is 0 Å². The number of carbonyl (C=O) groups is 2. The summed E-state index contributed by atoms with van der Waals surface area (Å²) in [5.74, 6) is 0.235. The molecule has 1 saturated heterocycles. The minimum Gasteiger partial charge on any atom is -0.459 e. The zero-order chi connectivity index (χ0) is 20.9. The van der Waals surface area contributed by atoms with Crippen molar-refractivity contribution in [3.05, 3.63) is 89.9 Å². The number of nitrogens with one attached hydrogen (secondary N) is 1. The highest BCUT2D eigenvalue weighted by atomic mass is 16.3. The van der Waals surface area contributed by atoms with Crippen molar-refractivity contribution < 1.29 is 14.0 Å². The third-order valence-corrected chi connectivity index (χ3v) is 5.80. The number of likely N-dealkylation sites (tertiary alicyclic amines) is 1. The lowest BCUT2D eigenvalue weighted by atomic mass is 9.87. The van der Waals surface area contributed by atoms with Crippen molar-refractivity contribution in [1.82, 2.24) is 4.90 Å². The van der Waals surface area contributed by atoms with E-state index in [0.717, 1.165) is 25.8 Å². The van der Waals surface area contributed by atoms with Gasteiger partial charge in [0.05, 0.1) is 6.26 Å². The summed E-state index contributed by atoms with van der Waals surface area (Å²) in [5.41, 5.74) is 2.44. The smallest absolute Gasteiger partial charge is 0.291 e. The highest BCUT2D eigenvalue weighted by Crippen LogP contribution is 2.34. The fourth-order valence-electron chi connectivity index (χ4n) is 4.39. The first-order valence-corrected chi connectivity index (χ1v) is 10.5. The molecule has 154 valence electrons. The van der Waals surface area contributed by atoms with Crippen LogP contribution in [-0.2, 0) is 0 Å². The van der Waals surface area contributed by atoms with Crippen molar-refractivity contribution in [1.29, 1.82) is 0 Å². The van der Waals surface area contributed by atoms with Crippen LogP contribution in [0.4, 0.5) is 5.69 Å². The number of carbonyl (C=O) groups excluding carboxylic acids is 2. The van der Waals surface area contributed by atoms with E-state index < -0.39 is 0 Å². The van der Waals surface area contributed by atoms with Crippen molar-refractivity contribution in [2.24, 2.45) is 0 Å². The molecule has 4 rings (SSSR count). The Labute approximate surface area is 176 Å². The molecule has 2 amide bonds. The predicted octanol–water partition coefficient (Wildman–Crippen LogP) is 5.33. The zero-order valence-electron chi connectivity index (χ0n) is 17.1. The van der Waals surface area contributed by atoms with E-state index in [2.05, 4.69) is 36.5 Å². The molecule has 0 unspecified atom stereocenters. The second-order valence-electron chi connectivity index (χ2n) is 7.65. The van der Waals surface area contributed by atoms with E-state index in [1.807, 2.05) is 17.0 Å². The largest absolute Gasteiger partial charge is 0.459 e. The number of rotatable bonds is 6. The lowest BCUT2D eigenvalue weighted by Gasteiger charge is -2.32. The topological polar surface area (TPSA) is 62.6 Å². The fourth-order valence-corrected chi connectivity index (χ4v) is 4.39. The summed E-state index contributed by atoms with van der Waals surface area (Å²) in [5, 5.41) is 2.80. The first-order valence-electron chi connectivity index (χ1n) is 10.5. The van der Waals surface area contributed by atoms with Gasteiger partial charge in [-0.2, -0.15) is 0 Å². The Hall–Kier alpha value is -3.34. The summed E-state index contributed by atoms with van der Waals surface area (Å²) in [4.78, 5) is 27.6. The van der Waals surface area contributed by atoms with Crippen LogP contribution in [0, 0.1) is 0 Å². The maximum atomic E-state index is 13.4. The van der Waals surface area contributed by atoms with E-state index in [0.29, 0.717) is 17.2 Å². The Balaban J connectivity index is 1.52. The number of hydrogen-bond donors (Lipinski definition) is 1. The molecule has 2 heterocycles. The SMILES string of the molecule is CC[C@@H](c1ccccc1)[C@H]1CCCN1C(=O)c1cccc(NC(=O)c2ccco2)c1. The Morgan fingerprint density at radius 2 is 1.93 bits per heavy atom. The molecule has 0 radical (unpaired) electrons. The summed E-state index contributed by atoms with van der Waals surface area (Å²) >= 11 is 0. The van der Waals surface area contributed by atoms with Crippen molar-refractivity contribution in [2.45, 2.75) is 38.1 Å². The van der Waals surface area contributed by atoms with E-state index in [9.17, 15) is 9.59 Å². The molecule has 1 N–H and O–H groups in total. The zero-order valence-corrected chi connectivity index (χ0v) is 17.1. The van der Waals surface area contributed by atoms with Gasteiger partial charge in [0.25, 0.3) is 11.8 Å². The number of nitrogens with zero attached hydrogens (tertiary/aromatic N) is 1. The van der Waals surface area contributed by atoms with Gasteiger partial charge in [-0.1, -0.05) is 43.3 Å². The van der Waals surface area contributed by atoms with Crippen LogP contribution in [0.2, 0.25) is 0 Å². The second kappa shape index (κ2) is 8.99. The molecule has 1 aliphatic rings. The van der Waals surface area contributed by atoms with Crippen molar-refractivity contribution >= 4 is 17.5 Å². The lowest BCUT2D eigenvalue weighted by molar-refractivity contribution is 0.0714. The molecular weight excluding hydrogens is 376 g/mol. The van der Waals surface area contributed by atoms with Crippen LogP contribution in [0.15, 0.2) is 77.4 Å². The van der Waals surface area contributed by atoms with Crippen LogP contribution in [0.1, 0.15) is 58.6 Å². The lowest BCUT2D eigenvalue weighted by Crippen LogP contribution is -2.39. The molecule has 0 saturated carbocycles. The molecular formula is C25H26N2O3. The summed E-state index contributed by atoms with van der Waals surface area (Å²) in [6.45, 7) is 2.94. The Morgan fingerprint density at radius 3 is 2.67 bits per heavy atom. The van der Waals surface area contributed by atoms with Crippen molar-refractivity contribution in [2.75, 3.05) is 11.9 Å². The molecule has 0 aliphatic carbocycles. The standard InChI is InChI=1S/C25H26N2O3/c1-2-21(18-9-4-3-5-10-18)22-13-7-15-27(22)25(29)19-11-6-12-20(17-19)26-24(28)23-14-8-16-30-23/h3-6,8-12,14,16-17,21-22H,2,7,13,15H2,1H3,(H,26,28)/t21-,22+/m0/s1. The Bertz CT molecular complexity index is 998. The van der Waals surface area contributed by atoms with Crippen LogP contribution >= 0.6 is 0 Å². The highest BCUT2D eigenvalue weighted by Gasteiger charge is 2.35. The van der Waals surface area contributed by atoms with E-state index >= 15 is 0 Å². The van der Waals surface area contributed by atoms with Crippen molar-refractivity contribution in [3.8, 4) is 0 Å². The van der Waals surface area contributed by atoms with Gasteiger partial charge in [0.15, 0.2) is 5.76 Å². The molecule has 30 heavy (non-hydrogen) atoms. The predicted molar refractivity (Wildman–Crippen MR) is 117 cm³/mol. The molecule has 1 aliphatic heterocycles. The second-order valence-corrected chi connectivity index (χ2v) is 7.65. The Morgan fingerprint density at radius 1 is 1.10 bits per heavy atom. The van der Waals surface area contributed by atoms with Gasteiger partial charge in [0.2, 0.25) is 0 Å². The first-order chi connectivity index (χ1) is 14.7. The van der Waals surface area contributed by atoms with Crippen LogP contribution < -0.4 is 5.32 Å². The molecule has 0 spiro atoms. The van der Waals surface area contributed by atoms with Gasteiger partial charge >= 0.3 is 0 Å². The summed E-state index contributed by atoms with van der Waals surface area (Å²) < 4.78 is 5.13. The van der Waals surface area contributed by atoms with Gasteiger partial charge in [-0.15, -0.1) is 0 Å². The molecule has 1 fully saturated rings. The van der Waals surface area contributed by atoms with Crippen LogP contribution in [-0.4, -0.2) is 29.3 Å². The van der Waals surface area contributed by atoms with Crippen LogP contribution in [0.5, 0.6) is 0 Å². The normalized spacial score (nSPS) is 17.0. The van der Waals surface area contributed by atoms with Crippen molar-refractivity contribution in [3.63, 3.8) is 0 Å². The maximum Gasteiger partial charge on any atom is 0.291 e. The fraction of sp³-hybridized carbons (Fsp3) is 0.280. The average Bonchev–Trinajstić information content (AvgIpc) is 3.47. The summed E-state index contributed by atoms with van der Waals surface area (Å²) in [7, 11) is 0. The average molecular weight is 402 g/mol. The molecule has 3 aromatic rings. The van der Waals surface area contributed by atoms with E-state index in [4.69, 9.17) is 4.42 Å². The third kappa shape index (κ3) is 4.15. The molecule has 1 aromatic heterocycles. The van der Waals surface area contributed by atoms with Gasteiger partial charge in [0.1, 0.15) is 0 Å². The number of furan rings is 1. The number of anilines is 1. The van der Waals surface area contributed by atoms with Gasteiger partial charge in [-0.3, -0.25) is 9.59 Å². The summed E-state index contributed by atoms with van der Waals surface area (Å²) in [6.07, 6.45) is 4.46.